The van der Waals surface area contributed by atoms with Crippen molar-refractivity contribution in [3.8, 4) is 11.3 Å². The van der Waals surface area contributed by atoms with Crippen molar-refractivity contribution in [1.29, 1.82) is 0 Å². The standard InChI is InChI=1S/C21H25N3OS/c1-5-11-24-20(13-19(23-24)18-12-14(2)26-16(18)4)21(25)22-15(3)17-9-7-6-8-10-17/h6-10,12-13,15H,5,11H2,1-4H3,(H,22,25)/t15-/m0/s1. The Bertz CT molecular complexity index is 895. The van der Waals surface area contributed by atoms with Gasteiger partial charge in [-0.25, -0.2) is 0 Å². The van der Waals surface area contributed by atoms with Crippen LogP contribution in [-0.2, 0) is 6.54 Å². The van der Waals surface area contributed by atoms with Crippen molar-refractivity contribution in [3.05, 3.63) is 63.5 Å². The molecule has 0 aliphatic rings. The second-order valence-corrected chi connectivity index (χ2v) is 8.03. The number of nitrogens with zero attached hydrogens (tertiary/aromatic N) is 2. The summed E-state index contributed by atoms with van der Waals surface area (Å²) in [5, 5.41) is 7.81. The summed E-state index contributed by atoms with van der Waals surface area (Å²) in [5.41, 5.74) is 3.70. The molecule has 136 valence electrons. The van der Waals surface area contributed by atoms with Gasteiger partial charge in [-0.15, -0.1) is 11.3 Å². The quantitative estimate of drug-likeness (QED) is 0.656. The molecule has 0 spiro atoms. The van der Waals surface area contributed by atoms with Gasteiger partial charge in [-0.2, -0.15) is 5.10 Å². The first-order valence-electron chi connectivity index (χ1n) is 9.00. The van der Waals surface area contributed by atoms with E-state index in [1.165, 1.54) is 9.75 Å². The summed E-state index contributed by atoms with van der Waals surface area (Å²) in [6.45, 7) is 9.02. The molecule has 1 amide bonds. The molecule has 0 radical (unpaired) electrons. The number of aryl methyl sites for hydroxylation is 3. The summed E-state index contributed by atoms with van der Waals surface area (Å²) in [7, 11) is 0. The molecule has 0 aliphatic carbocycles. The number of benzene rings is 1. The van der Waals surface area contributed by atoms with Gasteiger partial charge in [0.1, 0.15) is 5.69 Å². The van der Waals surface area contributed by atoms with Crippen LogP contribution in [0.3, 0.4) is 0 Å². The lowest BCUT2D eigenvalue weighted by atomic mass is 10.1. The van der Waals surface area contributed by atoms with Gasteiger partial charge in [-0.3, -0.25) is 9.48 Å². The first-order valence-corrected chi connectivity index (χ1v) is 9.82. The number of carbonyl (C=O) groups is 1. The maximum Gasteiger partial charge on any atom is 0.270 e. The molecule has 26 heavy (non-hydrogen) atoms. The van der Waals surface area contributed by atoms with Gasteiger partial charge in [0.15, 0.2) is 0 Å². The van der Waals surface area contributed by atoms with Gasteiger partial charge in [0, 0.05) is 21.9 Å². The van der Waals surface area contributed by atoms with Crippen molar-refractivity contribution in [2.45, 2.75) is 46.7 Å². The monoisotopic (exact) mass is 367 g/mol. The van der Waals surface area contributed by atoms with Gasteiger partial charge in [0.05, 0.1) is 11.7 Å². The molecule has 5 heteroatoms. The van der Waals surface area contributed by atoms with Crippen LogP contribution in [0.25, 0.3) is 11.3 Å². The number of aromatic nitrogens is 2. The molecule has 3 aromatic rings. The number of hydrogen-bond acceptors (Lipinski definition) is 3. The highest BCUT2D eigenvalue weighted by molar-refractivity contribution is 7.12. The van der Waals surface area contributed by atoms with Crippen molar-refractivity contribution in [2.75, 3.05) is 0 Å². The lowest BCUT2D eigenvalue weighted by Crippen LogP contribution is -2.28. The Hall–Kier alpha value is -2.40. The van der Waals surface area contributed by atoms with Crippen LogP contribution >= 0.6 is 11.3 Å². The van der Waals surface area contributed by atoms with Crippen LogP contribution in [-0.4, -0.2) is 15.7 Å². The SMILES string of the molecule is CCCn1nc(-c2cc(C)sc2C)cc1C(=O)N[C@@H](C)c1ccccc1. The third-order valence-corrected chi connectivity index (χ3v) is 5.38. The van der Waals surface area contributed by atoms with E-state index in [0.29, 0.717) is 5.69 Å². The van der Waals surface area contributed by atoms with E-state index < -0.39 is 0 Å². The van der Waals surface area contributed by atoms with Crippen molar-refractivity contribution in [3.63, 3.8) is 0 Å². The van der Waals surface area contributed by atoms with Gasteiger partial charge < -0.3 is 5.32 Å². The van der Waals surface area contributed by atoms with E-state index in [4.69, 9.17) is 5.10 Å². The third-order valence-electron chi connectivity index (χ3n) is 4.41. The topological polar surface area (TPSA) is 46.9 Å². The molecular formula is C21H25N3OS. The van der Waals surface area contributed by atoms with Crippen LogP contribution in [0.1, 0.15) is 52.1 Å². The molecule has 3 rings (SSSR count). The van der Waals surface area contributed by atoms with Crippen LogP contribution in [0.2, 0.25) is 0 Å². The Labute approximate surface area is 158 Å². The fraction of sp³-hybridized carbons (Fsp3) is 0.333. The van der Waals surface area contributed by atoms with E-state index in [1.807, 2.05) is 48.0 Å². The van der Waals surface area contributed by atoms with E-state index in [-0.39, 0.29) is 11.9 Å². The molecule has 4 nitrogen and oxygen atoms in total. The van der Waals surface area contributed by atoms with E-state index in [9.17, 15) is 4.79 Å². The highest BCUT2D eigenvalue weighted by atomic mass is 32.1. The first-order chi connectivity index (χ1) is 12.5. The largest absolute Gasteiger partial charge is 0.344 e. The number of thiophene rings is 1. The lowest BCUT2D eigenvalue weighted by molar-refractivity contribution is 0.0928. The van der Waals surface area contributed by atoms with E-state index in [0.717, 1.165) is 29.8 Å². The summed E-state index contributed by atoms with van der Waals surface area (Å²) in [6, 6.07) is 14.0. The molecule has 1 N–H and O–H groups in total. The normalized spacial score (nSPS) is 12.2. The molecule has 2 aromatic heterocycles. The minimum atomic E-state index is -0.0850. The molecule has 0 bridgehead atoms. The highest BCUT2D eigenvalue weighted by Crippen LogP contribution is 2.30. The summed E-state index contributed by atoms with van der Waals surface area (Å²) in [4.78, 5) is 15.4. The molecule has 0 fully saturated rings. The maximum absolute atomic E-state index is 12.9. The Morgan fingerprint density at radius 3 is 2.58 bits per heavy atom. The zero-order valence-corrected chi connectivity index (χ0v) is 16.6. The average Bonchev–Trinajstić information content (AvgIpc) is 3.18. The minimum absolute atomic E-state index is 0.0535. The minimum Gasteiger partial charge on any atom is -0.344 e. The Kier molecular flexibility index (Phi) is 5.57. The van der Waals surface area contributed by atoms with Gasteiger partial charge in [-0.1, -0.05) is 37.3 Å². The maximum atomic E-state index is 12.9. The summed E-state index contributed by atoms with van der Waals surface area (Å²) in [6.07, 6.45) is 0.928. The van der Waals surface area contributed by atoms with Crippen molar-refractivity contribution in [2.24, 2.45) is 0 Å². The van der Waals surface area contributed by atoms with Crippen LogP contribution in [0.4, 0.5) is 0 Å². The number of nitrogens with one attached hydrogen (secondary N) is 1. The Morgan fingerprint density at radius 2 is 1.96 bits per heavy atom. The number of amides is 1. The van der Waals surface area contributed by atoms with E-state index >= 15 is 0 Å². The van der Waals surface area contributed by atoms with Crippen molar-refractivity contribution in [1.82, 2.24) is 15.1 Å². The van der Waals surface area contributed by atoms with Crippen molar-refractivity contribution >= 4 is 17.2 Å². The smallest absolute Gasteiger partial charge is 0.270 e. The van der Waals surface area contributed by atoms with Crippen LogP contribution in [0, 0.1) is 13.8 Å². The Balaban J connectivity index is 1.88. The van der Waals surface area contributed by atoms with Gasteiger partial charge in [0.2, 0.25) is 0 Å². The molecule has 0 unspecified atom stereocenters. The molecule has 1 atom stereocenters. The molecule has 0 saturated heterocycles. The van der Waals surface area contributed by atoms with Gasteiger partial charge in [-0.05, 0) is 44.9 Å². The molecule has 2 heterocycles. The first kappa shape index (κ1) is 18.4. The summed E-state index contributed by atoms with van der Waals surface area (Å²) >= 11 is 1.76. The summed E-state index contributed by atoms with van der Waals surface area (Å²) < 4.78 is 1.83. The Morgan fingerprint density at radius 1 is 1.23 bits per heavy atom. The molecule has 0 aliphatic heterocycles. The number of hydrogen-bond donors (Lipinski definition) is 1. The van der Waals surface area contributed by atoms with Gasteiger partial charge in [0.25, 0.3) is 5.91 Å². The molecule has 0 saturated carbocycles. The van der Waals surface area contributed by atoms with Crippen LogP contribution < -0.4 is 5.32 Å². The van der Waals surface area contributed by atoms with Crippen molar-refractivity contribution < 1.29 is 4.79 Å². The number of rotatable bonds is 6. The third kappa shape index (κ3) is 3.88. The average molecular weight is 368 g/mol. The van der Waals surface area contributed by atoms with E-state index in [1.54, 1.807) is 11.3 Å². The number of carbonyl (C=O) groups excluding carboxylic acids is 1. The zero-order valence-electron chi connectivity index (χ0n) is 15.7. The second-order valence-electron chi connectivity index (χ2n) is 6.57. The van der Waals surface area contributed by atoms with Crippen LogP contribution in [0.5, 0.6) is 0 Å². The fourth-order valence-electron chi connectivity index (χ4n) is 3.09. The predicted molar refractivity (Wildman–Crippen MR) is 108 cm³/mol. The van der Waals surface area contributed by atoms with Crippen LogP contribution in [0.15, 0.2) is 42.5 Å². The fourth-order valence-corrected chi connectivity index (χ4v) is 4.03. The molecule has 1 aromatic carbocycles. The zero-order chi connectivity index (χ0) is 18.7. The lowest BCUT2D eigenvalue weighted by Gasteiger charge is -2.14. The molecular weight excluding hydrogens is 342 g/mol. The summed E-state index contributed by atoms with van der Waals surface area (Å²) in [5.74, 6) is -0.0850. The predicted octanol–water partition coefficient (Wildman–Crippen LogP) is 5.13. The second kappa shape index (κ2) is 7.87. The van der Waals surface area contributed by atoms with Gasteiger partial charge >= 0.3 is 0 Å². The highest BCUT2D eigenvalue weighted by Gasteiger charge is 2.19. The van der Waals surface area contributed by atoms with E-state index in [2.05, 4.69) is 32.2 Å².